The molecular weight excluding hydrogens is 338 g/mol. The number of nitrogens with two attached hydrogens (primary N) is 1. The number of hydrogen-bond acceptors (Lipinski definition) is 4. The Morgan fingerprint density at radius 1 is 1.25 bits per heavy atom. The molecule has 0 atom stereocenters. The van der Waals surface area contributed by atoms with Crippen LogP contribution in [0.15, 0.2) is 46.4 Å². The molecule has 1 aromatic carbocycles. The van der Waals surface area contributed by atoms with E-state index in [2.05, 4.69) is 21.0 Å². The second kappa shape index (κ2) is 5.30. The summed E-state index contributed by atoms with van der Waals surface area (Å²) in [5.74, 6) is 0.758. The minimum absolute atomic E-state index is 0.644. The van der Waals surface area contributed by atoms with Gasteiger partial charge in [0.05, 0.1) is 27.7 Å². The van der Waals surface area contributed by atoms with Crippen molar-refractivity contribution in [1.82, 2.24) is 9.78 Å². The molecule has 0 aliphatic heterocycles. The predicted octanol–water partition coefficient (Wildman–Crippen LogP) is 3.95. The number of nitrogens with zero attached hydrogens (tertiary/aromatic N) is 2. The Morgan fingerprint density at radius 3 is 2.75 bits per heavy atom. The lowest BCUT2D eigenvalue weighted by molar-refractivity contribution is 0.412. The number of methoxy groups -OCH3 is 1. The Hall–Kier alpha value is -1.79. The van der Waals surface area contributed by atoms with E-state index in [-0.39, 0.29) is 0 Å². The molecule has 2 aromatic heterocycles. The van der Waals surface area contributed by atoms with E-state index in [9.17, 15) is 0 Å². The Kier molecular flexibility index (Phi) is 3.50. The lowest BCUT2D eigenvalue weighted by atomic mass is 10.3. The highest BCUT2D eigenvalue weighted by Gasteiger charge is 2.13. The zero-order chi connectivity index (χ0) is 14.1. The van der Waals surface area contributed by atoms with Crippen molar-refractivity contribution in [2.24, 2.45) is 0 Å². The second-order valence-corrected chi connectivity index (χ2v) is 6.62. The standard InChI is InChI=1S/C14H12BrN3OS/c1-19-11-5-3-2-4-10(11)18-8-9(16)14(17-18)12-6-7-13(15)20-12/h2-8H,16H2,1H3. The lowest BCUT2D eigenvalue weighted by Gasteiger charge is -2.07. The number of rotatable bonds is 3. The fourth-order valence-electron chi connectivity index (χ4n) is 1.96. The number of anilines is 1. The third kappa shape index (κ3) is 2.32. The van der Waals surface area contributed by atoms with Gasteiger partial charge in [-0.3, -0.25) is 0 Å². The Balaban J connectivity index is 2.09. The largest absolute Gasteiger partial charge is 0.494 e. The second-order valence-electron chi connectivity index (χ2n) is 4.15. The quantitative estimate of drug-likeness (QED) is 0.778. The third-order valence-corrected chi connectivity index (χ3v) is 4.51. The monoisotopic (exact) mass is 349 g/mol. The van der Waals surface area contributed by atoms with Gasteiger partial charge in [0.25, 0.3) is 0 Å². The van der Waals surface area contributed by atoms with E-state index in [1.807, 2.05) is 36.4 Å². The topological polar surface area (TPSA) is 53.1 Å². The molecule has 0 amide bonds. The zero-order valence-corrected chi connectivity index (χ0v) is 13.1. The van der Waals surface area contributed by atoms with Crippen LogP contribution in [0.1, 0.15) is 0 Å². The lowest BCUT2D eigenvalue weighted by Crippen LogP contribution is -1.98. The van der Waals surface area contributed by atoms with Gasteiger partial charge >= 0.3 is 0 Å². The minimum atomic E-state index is 0.644. The van der Waals surface area contributed by atoms with E-state index in [0.29, 0.717) is 5.69 Å². The highest BCUT2D eigenvalue weighted by atomic mass is 79.9. The number of hydrogen-bond donors (Lipinski definition) is 1. The molecule has 0 aliphatic rings. The van der Waals surface area contributed by atoms with Crippen molar-refractivity contribution in [1.29, 1.82) is 0 Å². The molecule has 6 heteroatoms. The molecule has 0 bridgehead atoms. The van der Waals surface area contributed by atoms with Crippen LogP contribution in [0.2, 0.25) is 0 Å². The van der Waals surface area contributed by atoms with Crippen LogP contribution in [0.3, 0.4) is 0 Å². The van der Waals surface area contributed by atoms with Crippen LogP contribution < -0.4 is 10.5 Å². The molecule has 3 aromatic rings. The summed E-state index contributed by atoms with van der Waals surface area (Å²) in [6.07, 6.45) is 1.81. The molecule has 0 spiro atoms. The molecule has 0 saturated heterocycles. The van der Waals surface area contributed by atoms with Gasteiger partial charge in [-0.2, -0.15) is 5.10 Å². The van der Waals surface area contributed by atoms with Crippen molar-refractivity contribution in [3.05, 3.63) is 46.4 Å². The molecule has 0 fully saturated rings. The molecule has 0 aliphatic carbocycles. The third-order valence-electron chi connectivity index (χ3n) is 2.88. The van der Waals surface area contributed by atoms with Crippen molar-refractivity contribution in [2.75, 3.05) is 12.8 Å². The summed E-state index contributed by atoms with van der Waals surface area (Å²) in [6.45, 7) is 0. The summed E-state index contributed by atoms with van der Waals surface area (Å²) in [4.78, 5) is 1.03. The molecule has 102 valence electrons. The van der Waals surface area contributed by atoms with Crippen molar-refractivity contribution in [3.63, 3.8) is 0 Å². The molecule has 3 rings (SSSR count). The normalized spacial score (nSPS) is 10.7. The van der Waals surface area contributed by atoms with Gasteiger partial charge in [-0.05, 0) is 40.2 Å². The summed E-state index contributed by atoms with van der Waals surface area (Å²) in [5.41, 5.74) is 8.37. The van der Waals surface area contributed by atoms with Crippen molar-refractivity contribution < 1.29 is 4.74 Å². The summed E-state index contributed by atoms with van der Waals surface area (Å²) in [5, 5.41) is 4.57. The van der Waals surface area contributed by atoms with Gasteiger partial charge in [0.15, 0.2) is 0 Å². The molecule has 2 heterocycles. The summed E-state index contributed by atoms with van der Waals surface area (Å²) in [7, 11) is 1.64. The molecule has 4 nitrogen and oxygen atoms in total. The van der Waals surface area contributed by atoms with Gasteiger partial charge in [-0.1, -0.05) is 12.1 Å². The molecule has 0 unspecified atom stereocenters. The average Bonchev–Trinajstić information content (AvgIpc) is 3.04. The van der Waals surface area contributed by atoms with Gasteiger partial charge in [0.1, 0.15) is 17.1 Å². The average molecular weight is 350 g/mol. The number of thiophene rings is 1. The van der Waals surface area contributed by atoms with Crippen molar-refractivity contribution in [3.8, 4) is 22.0 Å². The first-order chi connectivity index (χ1) is 9.69. The van der Waals surface area contributed by atoms with Gasteiger partial charge in [0.2, 0.25) is 0 Å². The summed E-state index contributed by atoms with van der Waals surface area (Å²) in [6, 6.07) is 11.7. The van der Waals surface area contributed by atoms with E-state index in [0.717, 1.165) is 25.8 Å². The predicted molar refractivity (Wildman–Crippen MR) is 85.5 cm³/mol. The Labute approximate surface area is 128 Å². The fourth-order valence-corrected chi connectivity index (χ4v) is 3.36. The summed E-state index contributed by atoms with van der Waals surface area (Å²) < 4.78 is 8.15. The van der Waals surface area contributed by atoms with Crippen LogP contribution in [0.4, 0.5) is 5.69 Å². The van der Waals surface area contributed by atoms with Crippen LogP contribution in [-0.2, 0) is 0 Å². The molecular formula is C14H12BrN3OS. The van der Waals surface area contributed by atoms with Gasteiger partial charge < -0.3 is 10.5 Å². The number of benzene rings is 1. The van der Waals surface area contributed by atoms with Crippen molar-refractivity contribution >= 4 is 33.0 Å². The zero-order valence-electron chi connectivity index (χ0n) is 10.7. The first-order valence-corrected chi connectivity index (χ1v) is 7.54. The van der Waals surface area contributed by atoms with Gasteiger partial charge in [-0.25, -0.2) is 4.68 Å². The van der Waals surface area contributed by atoms with Crippen LogP contribution in [0.5, 0.6) is 5.75 Å². The van der Waals surface area contributed by atoms with Crippen LogP contribution in [0, 0.1) is 0 Å². The number of ether oxygens (including phenoxy) is 1. The smallest absolute Gasteiger partial charge is 0.144 e. The Morgan fingerprint density at radius 2 is 2.05 bits per heavy atom. The maximum atomic E-state index is 6.08. The number of halogens is 1. The minimum Gasteiger partial charge on any atom is -0.494 e. The molecule has 2 N–H and O–H groups in total. The first-order valence-electron chi connectivity index (χ1n) is 5.93. The first kappa shape index (κ1) is 13.2. The highest BCUT2D eigenvalue weighted by Crippen LogP contribution is 2.34. The Bertz CT molecular complexity index is 750. The highest BCUT2D eigenvalue weighted by molar-refractivity contribution is 9.11. The molecule has 20 heavy (non-hydrogen) atoms. The molecule has 0 radical (unpaired) electrons. The van der Waals surface area contributed by atoms with E-state index in [1.54, 1.807) is 29.3 Å². The maximum absolute atomic E-state index is 6.08. The van der Waals surface area contributed by atoms with E-state index in [1.165, 1.54) is 0 Å². The van der Waals surface area contributed by atoms with E-state index < -0.39 is 0 Å². The maximum Gasteiger partial charge on any atom is 0.144 e. The number of aromatic nitrogens is 2. The van der Waals surface area contributed by atoms with Crippen LogP contribution in [-0.4, -0.2) is 16.9 Å². The van der Waals surface area contributed by atoms with Gasteiger partial charge in [0, 0.05) is 0 Å². The summed E-state index contributed by atoms with van der Waals surface area (Å²) >= 11 is 5.05. The van der Waals surface area contributed by atoms with E-state index >= 15 is 0 Å². The van der Waals surface area contributed by atoms with Crippen LogP contribution in [0.25, 0.3) is 16.3 Å². The fraction of sp³-hybridized carbons (Fsp3) is 0.0714. The van der Waals surface area contributed by atoms with Gasteiger partial charge in [-0.15, -0.1) is 11.3 Å². The van der Waals surface area contributed by atoms with Crippen LogP contribution >= 0.6 is 27.3 Å². The van der Waals surface area contributed by atoms with Crippen molar-refractivity contribution in [2.45, 2.75) is 0 Å². The molecule has 0 saturated carbocycles. The SMILES string of the molecule is COc1ccccc1-n1cc(N)c(-c2ccc(Br)s2)n1. The number of para-hydroxylation sites is 2. The number of nitrogen functional groups attached to an aromatic ring is 1. The van der Waals surface area contributed by atoms with E-state index in [4.69, 9.17) is 10.5 Å².